The Labute approximate surface area is 220 Å². The second-order valence-corrected chi connectivity index (χ2v) is 10.7. The second kappa shape index (κ2) is 10.00. The zero-order valence-electron chi connectivity index (χ0n) is 22.0. The Morgan fingerprint density at radius 2 is 1.79 bits per heavy atom. The van der Waals surface area contributed by atoms with Crippen molar-refractivity contribution in [2.45, 2.75) is 58.6 Å². The highest BCUT2D eigenvalue weighted by atomic mass is 19.1. The summed E-state index contributed by atoms with van der Waals surface area (Å²) < 4.78 is 23.0. The van der Waals surface area contributed by atoms with Crippen molar-refractivity contribution in [3.8, 4) is 22.6 Å². The van der Waals surface area contributed by atoms with Crippen molar-refractivity contribution in [3.05, 3.63) is 60.4 Å². The van der Waals surface area contributed by atoms with Crippen LogP contribution in [0.5, 0.6) is 0 Å². The molecule has 38 heavy (non-hydrogen) atoms. The number of halogens is 1. The summed E-state index contributed by atoms with van der Waals surface area (Å²) in [5, 5.41) is 4.81. The van der Waals surface area contributed by atoms with Gasteiger partial charge in [-0.1, -0.05) is 0 Å². The molecular formula is C28H31FN6O3. The van der Waals surface area contributed by atoms with Gasteiger partial charge >= 0.3 is 6.09 Å². The number of imidazole rings is 2. The predicted molar refractivity (Wildman–Crippen MR) is 140 cm³/mol. The van der Waals surface area contributed by atoms with Gasteiger partial charge in [0.1, 0.15) is 22.9 Å². The predicted octanol–water partition coefficient (Wildman–Crippen LogP) is 5.10. The molecule has 0 N–H and O–H groups in total. The van der Waals surface area contributed by atoms with Crippen LogP contribution in [-0.2, 0) is 16.0 Å². The van der Waals surface area contributed by atoms with Crippen LogP contribution in [0.3, 0.4) is 0 Å². The number of likely N-dealkylation sites (tertiary alicyclic amines) is 1. The van der Waals surface area contributed by atoms with Gasteiger partial charge in [-0.25, -0.2) is 23.7 Å². The van der Waals surface area contributed by atoms with E-state index in [-0.39, 0.29) is 30.2 Å². The lowest BCUT2D eigenvalue weighted by Crippen LogP contribution is -2.42. The molecule has 1 amide bonds. The minimum atomic E-state index is -0.544. The number of benzene rings is 1. The molecule has 1 fully saturated rings. The molecule has 4 aromatic rings. The van der Waals surface area contributed by atoms with E-state index in [2.05, 4.69) is 9.55 Å². The molecular weight excluding hydrogens is 487 g/mol. The van der Waals surface area contributed by atoms with Crippen LogP contribution in [0.25, 0.3) is 28.3 Å². The van der Waals surface area contributed by atoms with Crippen LogP contribution in [-0.4, -0.2) is 59.6 Å². The van der Waals surface area contributed by atoms with Gasteiger partial charge in [0, 0.05) is 24.7 Å². The Hall–Kier alpha value is -4.08. The number of ketones is 1. The first-order valence-electron chi connectivity index (χ1n) is 12.7. The van der Waals surface area contributed by atoms with Gasteiger partial charge in [0.15, 0.2) is 5.65 Å². The van der Waals surface area contributed by atoms with E-state index in [0.717, 1.165) is 24.1 Å². The fourth-order valence-electron chi connectivity index (χ4n) is 4.76. The monoisotopic (exact) mass is 518 g/mol. The van der Waals surface area contributed by atoms with Crippen LogP contribution in [0.15, 0.2) is 48.9 Å². The topological polar surface area (TPSA) is 94.6 Å². The van der Waals surface area contributed by atoms with Crippen LogP contribution in [0.2, 0.25) is 0 Å². The van der Waals surface area contributed by atoms with Crippen molar-refractivity contribution < 1.29 is 18.7 Å². The van der Waals surface area contributed by atoms with Gasteiger partial charge < -0.3 is 14.2 Å². The van der Waals surface area contributed by atoms with E-state index in [1.165, 1.54) is 19.1 Å². The lowest BCUT2D eigenvalue weighted by molar-refractivity contribution is -0.116. The molecule has 0 aliphatic carbocycles. The van der Waals surface area contributed by atoms with Gasteiger partial charge in [-0.05, 0) is 76.9 Å². The average Bonchev–Trinajstić information content (AvgIpc) is 3.46. The van der Waals surface area contributed by atoms with Crippen molar-refractivity contribution in [2.24, 2.45) is 0 Å². The molecule has 198 valence electrons. The molecule has 0 radical (unpaired) electrons. The molecule has 10 heteroatoms. The zero-order chi connectivity index (χ0) is 27.0. The number of nitrogens with zero attached hydrogens (tertiary/aromatic N) is 6. The third kappa shape index (κ3) is 5.44. The highest BCUT2D eigenvalue weighted by Crippen LogP contribution is 2.35. The van der Waals surface area contributed by atoms with E-state index in [9.17, 15) is 14.0 Å². The molecule has 1 aromatic carbocycles. The Bertz CT molecular complexity index is 1480. The van der Waals surface area contributed by atoms with Gasteiger partial charge in [-0.15, -0.1) is 0 Å². The number of aromatic nitrogens is 5. The Balaban J connectivity index is 1.49. The van der Waals surface area contributed by atoms with E-state index >= 15 is 0 Å². The first-order valence-corrected chi connectivity index (χ1v) is 12.7. The van der Waals surface area contributed by atoms with Gasteiger partial charge in [-0.2, -0.15) is 5.10 Å². The summed E-state index contributed by atoms with van der Waals surface area (Å²) in [6, 6.07) is 10.1. The van der Waals surface area contributed by atoms with E-state index in [4.69, 9.17) is 14.8 Å². The van der Waals surface area contributed by atoms with Gasteiger partial charge in [0.2, 0.25) is 0 Å². The summed E-state index contributed by atoms with van der Waals surface area (Å²) in [7, 11) is 0. The quantitative estimate of drug-likeness (QED) is 0.365. The minimum absolute atomic E-state index is 0.0306. The van der Waals surface area contributed by atoms with Gasteiger partial charge in [0.05, 0.1) is 36.0 Å². The Morgan fingerprint density at radius 3 is 2.45 bits per heavy atom. The number of ether oxygens (including phenoxy) is 1. The summed E-state index contributed by atoms with van der Waals surface area (Å²) in [4.78, 5) is 35.1. The number of carbonyl (C=O) groups is 2. The molecule has 0 atom stereocenters. The van der Waals surface area contributed by atoms with E-state index in [0.29, 0.717) is 35.8 Å². The molecule has 1 aliphatic rings. The molecule has 5 rings (SSSR count). The minimum Gasteiger partial charge on any atom is -0.444 e. The number of amides is 1. The summed E-state index contributed by atoms with van der Waals surface area (Å²) in [6.45, 7) is 8.24. The molecule has 0 bridgehead atoms. The van der Waals surface area contributed by atoms with E-state index in [1.54, 1.807) is 34.1 Å². The summed E-state index contributed by atoms with van der Waals surface area (Å²) >= 11 is 0. The molecule has 0 saturated carbocycles. The first kappa shape index (κ1) is 25.6. The average molecular weight is 519 g/mol. The Morgan fingerprint density at radius 1 is 1.08 bits per heavy atom. The fraction of sp³-hybridized carbons (Fsp3) is 0.393. The molecule has 3 aromatic heterocycles. The third-order valence-electron chi connectivity index (χ3n) is 6.46. The maximum atomic E-state index is 13.7. The summed E-state index contributed by atoms with van der Waals surface area (Å²) in [5.41, 5.74) is 3.70. The number of hydrogen-bond donors (Lipinski definition) is 0. The van der Waals surface area contributed by atoms with Crippen LogP contribution >= 0.6 is 0 Å². The summed E-state index contributed by atoms with van der Waals surface area (Å²) in [6.07, 6.45) is 4.94. The lowest BCUT2D eigenvalue weighted by Gasteiger charge is -2.34. The van der Waals surface area contributed by atoms with Crippen molar-refractivity contribution in [1.82, 2.24) is 29.0 Å². The van der Waals surface area contributed by atoms with Crippen LogP contribution in [0.4, 0.5) is 9.18 Å². The lowest BCUT2D eigenvalue weighted by atomic mass is 10.0. The highest BCUT2D eigenvalue weighted by molar-refractivity contribution is 5.78. The summed E-state index contributed by atoms with van der Waals surface area (Å²) in [5.74, 6) is -0.289. The normalized spacial score (nSPS) is 14.7. The van der Waals surface area contributed by atoms with Crippen molar-refractivity contribution >= 4 is 17.5 Å². The maximum absolute atomic E-state index is 13.7. The number of rotatable bonds is 5. The molecule has 1 aliphatic heterocycles. The smallest absolute Gasteiger partial charge is 0.410 e. The van der Waals surface area contributed by atoms with Gasteiger partial charge in [-0.3, -0.25) is 4.79 Å². The van der Waals surface area contributed by atoms with E-state index < -0.39 is 5.60 Å². The number of piperidine rings is 1. The molecule has 4 heterocycles. The van der Waals surface area contributed by atoms with Crippen molar-refractivity contribution in [3.63, 3.8) is 0 Å². The maximum Gasteiger partial charge on any atom is 0.410 e. The Kier molecular flexibility index (Phi) is 6.73. The largest absolute Gasteiger partial charge is 0.444 e. The van der Waals surface area contributed by atoms with Crippen molar-refractivity contribution in [2.75, 3.05) is 13.1 Å². The molecule has 9 nitrogen and oxygen atoms in total. The SMILES string of the molecule is CC(=O)Cc1cn2nc(-c3c(-c4ccc(F)cc4)ncn3C3CCN(C(=O)OC(C)(C)C)CC3)ccc2n1. The van der Waals surface area contributed by atoms with Crippen LogP contribution < -0.4 is 0 Å². The number of Topliss-reactive ketones (excluding diaryl/α,β-unsaturated/α-hetero) is 1. The number of fused-ring (bicyclic) bond motifs is 1. The third-order valence-corrected chi connectivity index (χ3v) is 6.46. The molecule has 1 saturated heterocycles. The van der Waals surface area contributed by atoms with Gasteiger partial charge in [0.25, 0.3) is 0 Å². The van der Waals surface area contributed by atoms with Crippen LogP contribution in [0.1, 0.15) is 52.3 Å². The van der Waals surface area contributed by atoms with Crippen LogP contribution in [0, 0.1) is 5.82 Å². The zero-order valence-corrected chi connectivity index (χ0v) is 22.0. The first-order chi connectivity index (χ1) is 18.1. The number of hydrogen-bond acceptors (Lipinski definition) is 6. The molecule has 0 unspecified atom stereocenters. The highest BCUT2D eigenvalue weighted by Gasteiger charge is 2.30. The fourth-order valence-corrected chi connectivity index (χ4v) is 4.76. The van der Waals surface area contributed by atoms with Crippen molar-refractivity contribution in [1.29, 1.82) is 0 Å². The number of carbonyl (C=O) groups excluding carboxylic acids is 2. The second-order valence-electron chi connectivity index (χ2n) is 10.7. The van der Waals surface area contributed by atoms with E-state index in [1.807, 2.05) is 32.9 Å². The molecule has 0 spiro atoms. The standard InChI is InChI=1S/C28H31FN6O3/c1-18(36)15-21-16-35-24(31-21)10-9-23(32-35)26-25(19-5-7-20(29)8-6-19)30-17-34(26)22-11-13-33(14-12-22)27(37)38-28(2,3)4/h5-10,16-17,22H,11-15H2,1-4H3.